The quantitative estimate of drug-likeness (QED) is 0.444. The Balaban J connectivity index is 1.53. The van der Waals surface area contributed by atoms with Gasteiger partial charge in [0.15, 0.2) is 0 Å². The van der Waals surface area contributed by atoms with Gasteiger partial charge in [-0.2, -0.15) is 5.26 Å². The van der Waals surface area contributed by atoms with E-state index in [2.05, 4.69) is 11.0 Å². The zero-order valence-corrected chi connectivity index (χ0v) is 16.0. The van der Waals surface area contributed by atoms with E-state index in [1.165, 1.54) is 18.2 Å². The van der Waals surface area contributed by atoms with Gasteiger partial charge in [0.05, 0.1) is 16.6 Å². The maximum absolute atomic E-state index is 12.5. The van der Waals surface area contributed by atoms with Gasteiger partial charge in [0, 0.05) is 50.9 Å². The molecule has 3 rings (SSSR count). The molecule has 0 saturated carbocycles. The number of nitro benzene ring substituents is 1. The Labute approximate surface area is 169 Å². The summed E-state index contributed by atoms with van der Waals surface area (Å²) in [4.78, 5) is 26.9. The fourth-order valence-electron chi connectivity index (χ4n) is 3.27. The number of nitrogens with zero attached hydrogens (tertiary/aromatic N) is 4. The van der Waals surface area contributed by atoms with Gasteiger partial charge < -0.3 is 4.90 Å². The summed E-state index contributed by atoms with van der Waals surface area (Å²) in [5.74, 6) is -0.0522. The molecular weight excluding hydrogens is 368 g/mol. The van der Waals surface area contributed by atoms with Crippen LogP contribution >= 0.6 is 0 Å². The molecule has 0 unspecified atom stereocenters. The second-order valence-electron chi connectivity index (χ2n) is 6.95. The summed E-state index contributed by atoms with van der Waals surface area (Å²) >= 11 is 0. The highest BCUT2D eigenvalue weighted by atomic mass is 16.6. The van der Waals surface area contributed by atoms with E-state index >= 15 is 0 Å². The molecule has 1 heterocycles. The van der Waals surface area contributed by atoms with Crippen LogP contribution in [-0.2, 0) is 11.3 Å². The highest BCUT2D eigenvalue weighted by Gasteiger charge is 2.17. The second-order valence-corrected chi connectivity index (χ2v) is 6.95. The number of benzene rings is 2. The van der Waals surface area contributed by atoms with E-state index in [4.69, 9.17) is 5.26 Å². The van der Waals surface area contributed by atoms with Crippen molar-refractivity contribution in [2.24, 2.45) is 0 Å². The molecule has 0 aromatic heterocycles. The molecule has 0 aliphatic carbocycles. The number of hydrogen-bond donors (Lipinski definition) is 0. The lowest BCUT2D eigenvalue weighted by Gasteiger charge is -2.21. The second kappa shape index (κ2) is 9.62. The van der Waals surface area contributed by atoms with E-state index in [0.717, 1.165) is 37.2 Å². The van der Waals surface area contributed by atoms with Crippen molar-refractivity contribution in [3.8, 4) is 6.07 Å². The van der Waals surface area contributed by atoms with E-state index in [9.17, 15) is 14.9 Å². The zero-order chi connectivity index (χ0) is 20.6. The van der Waals surface area contributed by atoms with Gasteiger partial charge in [0.1, 0.15) is 0 Å². The van der Waals surface area contributed by atoms with Gasteiger partial charge in [-0.05, 0) is 47.9 Å². The van der Waals surface area contributed by atoms with E-state index in [1.807, 2.05) is 29.2 Å². The molecule has 1 aliphatic rings. The summed E-state index contributed by atoms with van der Waals surface area (Å²) < 4.78 is 0. The first kappa shape index (κ1) is 20.2. The monoisotopic (exact) mass is 390 g/mol. The van der Waals surface area contributed by atoms with Crippen molar-refractivity contribution in [3.63, 3.8) is 0 Å². The van der Waals surface area contributed by atoms with Crippen LogP contribution in [0.25, 0.3) is 6.08 Å². The highest BCUT2D eigenvalue weighted by molar-refractivity contribution is 5.91. The van der Waals surface area contributed by atoms with Crippen LogP contribution in [0.3, 0.4) is 0 Å². The van der Waals surface area contributed by atoms with Crippen LogP contribution in [0, 0.1) is 21.4 Å². The first-order valence-electron chi connectivity index (χ1n) is 9.48. The number of carbonyl (C=O) groups excluding carboxylic acids is 1. The first-order valence-corrected chi connectivity index (χ1v) is 9.48. The fourth-order valence-corrected chi connectivity index (χ4v) is 3.27. The number of amides is 1. The standard InChI is InChI=1S/C22H22N4O3/c23-16-19-2-4-20(5-3-19)17-24-12-1-13-25(15-14-24)22(27)11-8-18-6-9-21(10-7-18)26(28)29/h2-11H,1,12-15,17H2/b11-8+. The third-order valence-corrected chi connectivity index (χ3v) is 4.91. The Bertz CT molecular complexity index is 930. The van der Waals surface area contributed by atoms with Crippen LogP contribution in [0.15, 0.2) is 54.6 Å². The maximum Gasteiger partial charge on any atom is 0.269 e. The molecule has 2 aromatic carbocycles. The minimum absolute atomic E-state index is 0.0309. The third kappa shape index (κ3) is 5.74. The van der Waals surface area contributed by atoms with Gasteiger partial charge in [-0.3, -0.25) is 19.8 Å². The number of nitro groups is 1. The molecule has 0 radical (unpaired) electrons. The molecule has 7 heteroatoms. The molecule has 148 valence electrons. The van der Waals surface area contributed by atoms with Gasteiger partial charge in [-0.1, -0.05) is 12.1 Å². The summed E-state index contributed by atoms with van der Waals surface area (Å²) in [7, 11) is 0. The minimum Gasteiger partial charge on any atom is -0.338 e. The molecule has 0 bridgehead atoms. The van der Waals surface area contributed by atoms with Crippen molar-refractivity contribution in [1.82, 2.24) is 9.80 Å². The molecule has 2 aromatic rings. The summed E-state index contributed by atoms with van der Waals surface area (Å²) in [6.07, 6.45) is 4.11. The Morgan fingerprint density at radius 2 is 1.79 bits per heavy atom. The molecule has 29 heavy (non-hydrogen) atoms. The van der Waals surface area contributed by atoms with Gasteiger partial charge in [0.2, 0.25) is 5.91 Å². The van der Waals surface area contributed by atoms with E-state index in [0.29, 0.717) is 18.7 Å². The Hall–Kier alpha value is -3.50. The lowest BCUT2D eigenvalue weighted by Crippen LogP contribution is -2.34. The van der Waals surface area contributed by atoms with E-state index in [1.54, 1.807) is 18.2 Å². The smallest absolute Gasteiger partial charge is 0.269 e. The van der Waals surface area contributed by atoms with E-state index < -0.39 is 4.92 Å². The average Bonchev–Trinajstić information content (AvgIpc) is 2.98. The van der Waals surface area contributed by atoms with Crippen LogP contribution in [0.4, 0.5) is 5.69 Å². The van der Waals surface area contributed by atoms with Gasteiger partial charge >= 0.3 is 0 Å². The summed E-state index contributed by atoms with van der Waals surface area (Å²) in [5.41, 5.74) is 2.59. The van der Waals surface area contributed by atoms with Crippen molar-refractivity contribution in [3.05, 3.63) is 81.4 Å². The molecule has 1 amide bonds. The zero-order valence-electron chi connectivity index (χ0n) is 16.0. The van der Waals surface area contributed by atoms with Crippen LogP contribution < -0.4 is 0 Å². The number of non-ortho nitro benzene ring substituents is 1. The molecular formula is C22H22N4O3. The molecule has 1 saturated heterocycles. The predicted octanol–water partition coefficient (Wildman–Crippen LogP) is 3.21. The van der Waals surface area contributed by atoms with Gasteiger partial charge in [0.25, 0.3) is 5.69 Å². The normalized spacial score (nSPS) is 15.1. The minimum atomic E-state index is -0.445. The van der Waals surface area contributed by atoms with Crippen LogP contribution in [0.1, 0.15) is 23.1 Å². The van der Waals surface area contributed by atoms with Gasteiger partial charge in [-0.25, -0.2) is 0 Å². The van der Waals surface area contributed by atoms with Crippen molar-refractivity contribution in [1.29, 1.82) is 5.26 Å². The van der Waals surface area contributed by atoms with Crippen molar-refractivity contribution in [2.75, 3.05) is 26.2 Å². The van der Waals surface area contributed by atoms with Crippen molar-refractivity contribution >= 4 is 17.7 Å². The van der Waals surface area contributed by atoms with Crippen LogP contribution in [0.2, 0.25) is 0 Å². The van der Waals surface area contributed by atoms with Crippen LogP contribution in [-0.4, -0.2) is 46.8 Å². The lowest BCUT2D eigenvalue weighted by atomic mass is 10.1. The van der Waals surface area contributed by atoms with Crippen molar-refractivity contribution in [2.45, 2.75) is 13.0 Å². The number of hydrogen-bond acceptors (Lipinski definition) is 5. The van der Waals surface area contributed by atoms with Crippen LogP contribution in [0.5, 0.6) is 0 Å². The molecule has 1 aliphatic heterocycles. The molecule has 0 atom stereocenters. The Morgan fingerprint density at radius 3 is 2.45 bits per heavy atom. The predicted molar refractivity (Wildman–Crippen MR) is 110 cm³/mol. The lowest BCUT2D eigenvalue weighted by molar-refractivity contribution is -0.384. The Morgan fingerprint density at radius 1 is 1.07 bits per heavy atom. The SMILES string of the molecule is N#Cc1ccc(CN2CCCN(C(=O)/C=C/c3ccc([N+](=O)[O-])cc3)CC2)cc1. The molecule has 1 fully saturated rings. The molecule has 7 nitrogen and oxygen atoms in total. The number of nitriles is 1. The largest absolute Gasteiger partial charge is 0.338 e. The van der Waals surface area contributed by atoms with Crippen molar-refractivity contribution < 1.29 is 9.72 Å². The number of rotatable bonds is 5. The summed E-state index contributed by atoms with van der Waals surface area (Å²) in [5, 5.41) is 19.6. The summed E-state index contributed by atoms with van der Waals surface area (Å²) in [6, 6.07) is 15.8. The molecule has 0 spiro atoms. The summed E-state index contributed by atoms with van der Waals surface area (Å²) in [6.45, 7) is 3.85. The number of carbonyl (C=O) groups is 1. The first-order chi connectivity index (χ1) is 14.0. The third-order valence-electron chi connectivity index (χ3n) is 4.91. The maximum atomic E-state index is 12.5. The fraction of sp³-hybridized carbons (Fsp3) is 0.273. The topological polar surface area (TPSA) is 90.5 Å². The van der Waals surface area contributed by atoms with Gasteiger partial charge in [-0.15, -0.1) is 0 Å². The molecule has 0 N–H and O–H groups in total. The Kier molecular flexibility index (Phi) is 6.72. The average molecular weight is 390 g/mol. The highest BCUT2D eigenvalue weighted by Crippen LogP contribution is 2.14. The van der Waals surface area contributed by atoms with E-state index in [-0.39, 0.29) is 11.6 Å².